The Balaban J connectivity index is 1.21. The van der Waals surface area contributed by atoms with Crippen molar-refractivity contribution in [2.75, 3.05) is 39.3 Å². The van der Waals surface area contributed by atoms with Crippen LogP contribution in [0.3, 0.4) is 0 Å². The summed E-state index contributed by atoms with van der Waals surface area (Å²) in [6.07, 6.45) is 2.35. The molecule has 2 aromatic carbocycles. The number of carbonyl (C=O) groups excluding carboxylic acids is 1. The van der Waals surface area contributed by atoms with Crippen molar-refractivity contribution in [1.29, 1.82) is 0 Å². The molecule has 3 aromatic rings. The second-order valence-corrected chi connectivity index (χ2v) is 8.43. The van der Waals surface area contributed by atoms with Gasteiger partial charge in [0.1, 0.15) is 24.6 Å². The first-order valence-corrected chi connectivity index (χ1v) is 11.2. The van der Waals surface area contributed by atoms with Crippen LogP contribution in [0.2, 0.25) is 0 Å². The van der Waals surface area contributed by atoms with Gasteiger partial charge in [0.15, 0.2) is 0 Å². The lowest BCUT2D eigenvalue weighted by Gasteiger charge is -2.32. The highest BCUT2D eigenvalue weighted by molar-refractivity contribution is 5.93. The number of piperazine rings is 1. The van der Waals surface area contributed by atoms with Crippen LogP contribution in [0.1, 0.15) is 34.9 Å². The lowest BCUT2D eigenvalue weighted by Crippen LogP contribution is -3.15. The standard InChI is InChI=1S/C25H28N4O2/c30-25(24-19-23(20-11-12-20)26-29(24)21-7-3-1-4-8-21)28-15-13-27(14-16-28)17-18-31-22-9-5-2-6-10-22/h1-10,19-20H,11-18H2/p+1. The van der Waals surface area contributed by atoms with Gasteiger partial charge in [-0.1, -0.05) is 36.4 Å². The fraction of sp³-hybridized carbons (Fsp3) is 0.360. The number of rotatable bonds is 7. The van der Waals surface area contributed by atoms with Gasteiger partial charge in [-0.3, -0.25) is 4.79 Å². The Labute approximate surface area is 183 Å². The number of nitrogens with one attached hydrogen (secondary N) is 1. The Hall–Kier alpha value is -3.12. The third-order valence-electron chi connectivity index (χ3n) is 6.17. The van der Waals surface area contributed by atoms with Crippen LogP contribution in [0.5, 0.6) is 5.75 Å². The largest absolute Gasteiger partial charge is 0.488 e. The number of carbonyl (C=O) groups is 1. The van der Waals surface area contributed by atoms with E-state index in [-0.39, 0.29) is 5.91 Å². The van der Waals surface area contributed by atoms with Crippen LogP contribution in [-0.4, -0.2) is 59.9 Å². The van der Waals surface area contributed by atoms with E-state index in [1.165, 1.54) is 17.7 Å². The summed E-state index contributed by atoms with van der Waals surface area (Å²) in [5.41, 5.74) is 2.68. The third kappa shape index (κ3) is 4.64. The van der Waals surface area contributed by atoms with Crippen LogP contribution < -0.4 is 9.64 Å². The maximum Gasteiger partial charge on any atom is 0.273 e. The lowest BCUT2D eigenvalue weighted by atomic mass is 10.2. The van der Waals surface area contributed by atoms with Crippen LogP contribution in [0.25, 0.3) is 5.69 Å². The molecule has 2 heterocycles. The first-order chi connectivity index (χ1) is 15.3. The van der Waals surface area contributed by atoms with Gasteiger partial charge in [-0.25, -0.2) is 4.68 Å². The van der Waals surface area contributed by atoms with Crippen molar-refractivity contribution < 1.29 is 14.4 Å². The molecule has 5 rings (SSSR count). The number of para-hydroxylation sites is 2. The second-order valence-electron chi connectivity index (χ2n) is 8.43. The van der Waals surface area contributed by atoms with E-state index in [0.29, 0.717) is 18.2 Å². The first-order valence-electron chi connectivity index (χ1n) is 11.2. The Kier molecular flexibility index (Phi) is 5.71. The van der Waals surface area contributed by atoms with Crippen molar-refractivity contribution in [2.24, 2.45) is 0 Å². The normalized spacial score (nSPS) is 17.0. The molecule has 2 fully saturated rings. The van der Waals surface area contributed by atoms with E-state index < -0.39 is 0 Å². The van der Waals surface area contributed by atoms with E-state index in [4.69, 9.17) is 9.84 Å². The number of ether oxygens (including phenoxy) is 1. The summed E-state index contributed by atoms with van der Waals surface area (Å²) in [4.78, 5) is 16.8. The quantitative estimate of drug-likeness (QED) is 0.641. The zero-order valence-corrected chi connectivity index (χ0v) is 17.7. The van der Waals surface area contributed by atoms with Gasteiger partial charge in [-0.05, 0) is 43.2 Å². The molecule has 0 bridgehead atoms. The summed E-state index contributed by atoms with van der Waals surface area (Å²) in [6.45, 7) is 5.05. The zero-order valence-electron chi connectivity index (χ0n) is 17.7. The molecule has 0 radical (unpaired) electrons. The van der Waals surface area contributed by atoms with Gasteiger partial charge in [0.2, 0.25) is 0 Å². The number of amides is 1. The van der Waals surface area contributed by atoms with Crippen molar-refractivity contribution in [3.8, 4) is 11.4 Å². The molecule has 2 aliphatic rings. The van der Waals surface area contributed by atoms with Crippen molar-refractivity contribution in [1.82, 2.24) is 14.7 Å². The predicted molar refractivity (Wildman–Crippen MR) is 119 cm³/mol. The lowest BCUT2D eigenvalue weighted by molar-refractivity contribution is -0.903. The van der Waals surface area contributed by atoms with Gasteiger partial charge >= 0.3 is 0 Å². The minimum absolute atomic E-state index is 0.0860. The third-order valence-corrected chi connectivity index (χ3v) is 6.17. The molecule has 6 nitrogen and oxygen atoms in total. The molecule has 1 saturated carbocycles. The molecule has 1 aromatic heterocycles. The molecule has 1 N–H and O–H groups in total. The number of hydrogen-bond acceptors (Lipinski definition) is 3. The van der Waals surface area contributed by atoms with Crippen molar-refractivity contribution >= 4 is 5.91 Å². The van der Waals surface area contributed by atoms with Gasteiger partial charge in [-0.2, -0.15) is 5.10 Å². The highest BCUT2D eigenvalue weighted by Crippen LogP contribution is 2.39. The van der Waals surface area contributed by atoms with Gasteiger partial charge in [0, 0.05) is 5.92 Å². The summed E-state index contributed by atoms with van der Waals surface area (Å²) in [5.74, 6) is 1.52. The number of quaternary nitrogens is 1. The number of hydrogen-bond donors (Lipinski definition) is 1. The highest BCUT2D eigenvalue weighted by atomic mass is 16.5. The van der Waals surface area contributed by atoms with E-state index in [1.54, 1.807) is 0 Å². The number of nitrogens with zero attached hydrogens (tertiary/aromatic N) is 3. The Morgan fingerprint density at radius 1 is 1.00 bits per heavy atom. The summed E-state index contributed by atoms with van der Waals surface area (Å²) in [7, 11) is 0. The maximum absolute atomic E-state index is 13.4. The van der Waals surface area contributed by atoms with Gasteiger partial charge in [-0.15, -0.1) is 0 Å². The predicted octanol–water partition coefficient (Wildman–Crippen LogP) is 2.17. The second kappa shape index (κ2) is 8.94. The molecule has 1 aliphatic carbocycles. The SMILES string of the molecule is O=C(c1cc(C2CC2)nn1-c1ccccc1)N1CC[NH+](CCOc2ccccc2)CC1. The van der Waals surface area contributed by atoms with Crippen molar-refractivity contribution in [2.45, 2.75) is 18.8 Å². The smallest absolute Gasteiger partial charge is 0.273 e. The first kappa shape index (κ1) is 19.8. The molecule has 0 spiro atoms. The molecular weight excluding hydrogens is 388 g/mol. The van der Waals surface area contributed by atoms with Crippen molar-refractivity contribution in [3.05, 3.63) is 78.1 Å². The molecule has 160 valence electrons. The molecule has 6 heteroatoms. The molecule has 1 amide bonds. The van der Waals surface area contributed by atoms with Gasteiger partial charge in [0.05, 0.1) is 37.6 Å². The molecule has 1 saturated heterocycles. The minimum atomic E-state index is 0.0860. The number of aromatic nitrogens is 2. The molecule has 0 atom stereocenters. The topological polar surface area (TPSA) is 51.8 Å². The van der Waals surface area contributed by atoms with Crippen molar-refractivity contribution in [3.63, 3.8) is 0 Å². The van der Waals surface area contributed by atoms with E-state index in [9.17, 15) is 4.79 Å². The van der Waals surface area contributed by atoms with Crippen LogP contribution in [-0.2, 0) is 0 Å². The van der Waals surface area contributed by atoms with E-state index in [1.807, 2.05) is 76.3 Å². The van der Waals surface area contributed by atoms with Gasteiger partial charge in [0.25, 0.3) is 5.91 Å². The van der Waals surface area contributed by atoms with Crippen LogP contribution >= 0.6 is 0 Å². The molecule has 31 heavy (non-hydrogen) atoms. The van der Waals surface area contributed by atoms with Crippen LogP contribution in [0, 0.1) is 0 Å². The van der Waals surface area contributed by atoms with E-state index >= 15 is 0 Å². The van der Waals surface area contributed by atoms with E-state index in [0.717, 1.165) is 49.9 Å². The highest BCUT2D eigenvalue weighted by Gasteiger charge is 2.31. The molecule has 0 unspecified atom stereocenters. The molecule has 1 aliphatic heterocycles. The van der Waals surface area contributed by atoms with Crippen LogP contribution in [0.4, 0.5) is 0 Å². The Bertz CT molecular complexity index is 1010. The van der Waals surface area contributed by atoms with E-state index in [2.05, 4.69) is 0 Å². The Morgan fingerprint density at radius 3 is 2.35 bits per heavy atom. The van der Waals surface area contributed by atoms with Crippen LogP contribution in [0.15, 0.2) is 66.7 Å². The summed E-state index contributed by atoms with van der Waals surface area (Å²) in [6, 6.07) is 21.9. The van der Waals surface area contributed by atoms with Gasteiger partial charge < -0.3 is 14.5 Å². The minimum Gasteiger partial charge on any atom is -0.488 e. The fourth-order valence-corrected chi connectivity index (χ4v) is 4.16. The summed E-state index contributed by atoms with van der Waals surface area (Å²) >= 11 is 0. The summed E-state index contributed by atoms with van der Waals surface area (Å²) < 4.78 is 7.67. The molecular formula is C25H29N4O2+. The fourth-order valence-electron chi connectivity index (χ4n) is 4.16. The number of benzene rings is 2. The monoisotopic (exact) mass is 417 g/mol. The summed E-state index contributed by atoms with van der Waals surface area (Å²) in [5, 5.41) is 4.79. The Morgan fingerprint density at radius 2 is 1.68 bits per heavy atom. The zero-order chi connectivity index (χ0) is 21.0. The average molecular weight is 418 g/mol. The maximum atomic E-state index is 13.4. The average Bonchev–Trinajstić information content (AvgIpc) is 3.59.